The number of thioether (sulfide) groups is 1. The van der Waals surface area contributed by atoms with Crippen LogP contribution in [0.5, 0.6) is 0 Å². The highest BCUT2D eigenvalue weighted by Crippen LogP contribution is 2.33. The molecule has 0 bridgehead atoms. The molecule has 0 aliphatic carbocycles. The first-order chi connectivity index (χ1) is 10.3. The maximum Gasteiger partial charge on any atom is 0.410 e. The Labute approximate surface area is 137 Å². The lowest BCUT2D eigenvalue weighted by molar-refractivity contribution is 0.0224. The molecular formula is C17H26N2O2S. The van der Waals surface area contributed by atoms with Crippen LogP contribution in [0.4, 0.5) is 4.79 Å². The van der Waals surface area contributed by atoms with E-state index < -0.39 is 5.60 Å². The molecule has 1 saturated heterocycles. The van der Waals surface area contributed by atoms with Crippen LogP contribution in [0.25, 0.3) is 0 Å². The molecule has 1 fully saturated rings. The molecule has 0 N–H and O–H groups in total. The maximum atomic E-state index is 12.3. The molecular weight excluding hydrogens is 296 g/mol. The molecule has 0 unspecified atom stereocenters. The van der Waals surface area contributed by atoms with Crippen molar-refractivity contribution in [2.75, 3.05) is 6.54 Å². The van der Waals surface area contributed by atoms with Crippen molar-refractivity contribution in [1.29, 1.82) is 0 Å². The Kier molecular flexibility index (Phi) is 5.37. The third-order valence-corrected chi connectivity index (χ3v) is 4.34. The molecule has 1 amide bonds. The number of aromatic nitrogens is 1. The molecule has 122 valence electrons. The highest BCUT2D eigenvalue weighted by molar-refractivity contribution is 7.99. The van der Waals surface area contributed by atoms with Gasteiger partial charge < -0.3 is 9.64 Å². The van der Waals surface area contributed by atoms with Crippen LogP contribution in [0.3, 0.4) is 0 Å². The van der Waals surface area contributed by atoms with E-state index in [2.05, 4.69) is 24.9 Å². The van der Waals surface area contributed by atoms with Crippen LogP contribution in [0, 0.1) is 0 Å². The maximum absolute atomic E-state index is 12.3. The van der Waals surface area contributed by atoms with E-state index in [9.17, 15) is 4.79 Å². The summed E-state index contributed by atoms with van der Waals surface area (Å²) in [6, 6.07) is 4.22. The molecule has 0 radical (unpaired) electrons. The third-order valence-electron chi connectivity index (χ3n) is 3.38. The van der Waals surface area contributed by atoms with Gasteiger partial charge in [0, 0.05) is 18.0 Å². The van der Waals surface area contributed by atoms with E-state index in [4.69, 9.17) is 4.74 Å². The summed E-state index contributed by atoms with van der Waals surface area (Å²) in [7, 11) is 0. The normalized spacial score (nSPS) is 18.8. The van der Waals surface area contributed by atoms with E-state index in [0.29, 0.717) is 5.25 Å². The number of nitrogens with zero attached hydrogens (tertiary/aromatic N) is 2. The Balaban J connectivity index is 2.08. The Morgan fingerprint density at radius 3 is 2.68 bits per heavy atom. The number of carbonyl (C=O) groups is 1. The van der Waals surface area contributed by atoms with E-state index in [1.54, 1.807) is 11.8 Å². The smallest absolute Gasteiger partial charge is 0.410 e. The molecule has 1 aliphatic rings. The van der Waals surface area contributed by atoms with Crippen LogP contribution in [-0.4, -0.2) is 33.4 Å². The van der Waals surface area contributed by atoms with Crippen LogP contribution < -0.4 is 0 Å². The first-order valence-electron chi connectivity index (χ1n) is 7.88. The Bertz CT molecular complexity index is 508. The lowest BCUT2D eigenvalue weighted by Crippen LogP contribution is -2.36. The van der Waals surface area contributed by atoms with Crippen LogP contribution >= 0.6 is 11.8 Å². The van der Waals surface area contributed by atoms with E-state index in [-0.39, 0.29) is 12.1 Å². The minimum Gasteiger partial charge on any atom is -0.444 e. The van der Waals surface area contributed by atoms with Gasteiger partial charge >= 0.3 is 6.09 Å². The zero-order valence-corrected chi connectivity index (χ0v) is 14.9. The van der Waals surface area contributed by atoms with Gasteiger partial charge in [0.05, 0.1) is 11.1 Å². The largest absolute Gasteiger partial charge is 0.444 e. The van der Waals surface area contributed by atoms with Gasteiger partial charge in [0.1, 0.15) is 5.60 Å². The molecule has 5 heteroatoms. The molecule has 1 aliphatic heterocycles. The van der Waals surface area contributed by atoms with Crippen LogP contribution in [0.1, 0.15) is 59.1 Å². The number of hydrogen-bond donors (Lipinski definition) is 0. The van der Waals surface area contributed by atoms with Gasteiger partial charge in [-0.3, -0.25) is 0 Å². The monoisotopic (exact) mass is 322 g/mol. The topological polar surface area (TPSA) is 42.4 Å². The molecule has 0 saturated carbocycles. The van der Waals surface area contributed by atoms with Crippen LogP contribution in [0.15, 0.2) is 23.4 Å². The van der Waals surface area contributed by atoms with Crippen LogP contribution in [-0.2, 0) is 4.74 Å². The summed E-state index contributed by atoms with van der Waals surface area (Å²) in [6.07, 6.45) is 3.65. The summed E-state index contributed by atoms with van der Waals surface area (Å²) in [6.45, 7) is 10.8. The summed E-state index contributed by atoms with van der Waals surface area (Å²) >= 11 is 1.75. The number of amides is 1. The van der Waals surface area contributed by atoms with Gasteiger partial charge in [-0.15, -0.1) is 11.8 Å². The van der Waals surface area contributed by atoms with Crippen LogP contribution in [0.2, 0.25) is 0 Å². The highest BCUT2D eigenvalue weighted by atomic mass is 32.2. The fourth-order valence-electron chi connectivity index (χ4n) is 2.55. The minimum atomic E-state index is -0.458. The van der Waals surface area contributed by atoms with Gasteiger partial charge in [-0.05, 0) is 45.2 Å². The molecule has 0 aromatic carbocycles. The summed E-state index contributed by atoms with van der Waals surface area (Å²) in [5.41, 5.74) is 0.636. The average molecular weight is 322 g/mol. The predicted octanol–water partition coefficient (Wildman–Crippen LogP) is 4.65. The average Bonchev–Trinajstić information content (AvgIpc) is 2.86. The van der Waals surface area contributed by atoms with Gasteiger partial charge in [-0.25, -0.2) is 9.78 Å². The molecule has 1 aromatic heterocycles. The highest BCUT2D eigenvalue weighted by Gasteiger charge is 2.33. The standard InChI is InChI=1S/C17H26N2O2S/c1-12(2)22-15-9-8-13(11-18-15)14-7-6-10-19(14)16(20)21-17(3,4)5/h8-9,11-12,14H,6-7,10H2,1-5H3/t14-/m1/s1. The zero-order chi connectivity index (χ0) is 16.3. The number of likely N-dealkylation sites (tertiary alicyclic amines) is 1. The Morgan fingerprint density at radius 1 is 1.41 bits per heavy atom. The molecule has 2 rings (SSSR count). The number of carbonyl (C=O) groups excluding carboxylic acids is 1. The number of rotatable bonds is 3. The SMILES string of the molecule is CC(C)Sc1ccc([C@H]2CCCN2C(=O)OC(C)(C)C)cn1. The summed E-state index contributed by atoms with van der Waals surface area (Å²) in [4.78, 5) is 18.7. The summed E-state index contributed by atoms with van der Waals surface area (Å²) in [5, 5.41) is 1.55. The van der Waals surface area contributed by atoms with Gasteiger partial charge in [0.15, 0.2) is 0 Å². The lowest BCUT2D eigenvalue weighted by atomic mass is 10.1. The lowest BCUT2D eigenvalue weighted by Gasteiger charge is -2.28. The predicted molar refractivity (Wildman–Crippen MR) is 90.1 cm³/mol. The van der Waals surface area contributed by atoms with Crippen molar-refractivity contribution >= 4 is 17.9 Å². The Morgan fingerprint density at radius 2 is 2.14 bits per heavy atom. The van der Waals surface area contributed by atoms with E-state index in [0.717, 1.165) is 30.0 Å². The zero-order valence-electron chi connectivity index (χ0n) is 14.1. The van der Waals surface area contributed by atoms with Gasteiger partial charge in [-0.2, -0.15) is 0 Å². The number of ether oxygens (including phenoxy) is 1. The third kappa shape index (κ3) is 4.63. The molecule has 2 heterocycles. The van der Waals surface area contributed by atoms with Crippen molar-refractivity contribution in [3.63, 3.8) is 0 Å². The number of pyridine rings is 1. The molecule has 4 nitrogen and oxygen atoms in total. The Hall–Kier alpha value is -1.23. The molecule has 0 spiro atoms. The van der Waals surface area contributed by atoms with Gasteiger partial charge in [-0.1, -0.05) is 19.9 Å². The minimum absolute atomic E-state index is 0.0837. The van der Waals surface area contributed by atoms with Crippen molar-refractivity contribution in [3.05, 3.63) is 23.9 Å². The second-order valence-electron chi connectivity index (χ2n) is 6.93. The van der Waals surface area contributed by atoms with Crippen molar-refractivity contribution in [2.24, 2.45) is 0 Å². The second-order valence-corrected chi connectivity index (χ2v) is 8.52. The molecule has 1 aromatic rings. The van der Waals surface area contributed by atoms with Crippen molar-refractivity contribution in [1.82, 2.24) is 9.88 Å². The van der Waals surface area contributed by atoms with Crippen molar-refractivity contribution < 1.29 is 9.53 Å². The summed E-state index contributed by atoms with van der Waals surface area (Å²) < 4.78 is 5.51. The number of hydrogen-bond acceptors (Lipinski definition) is 4. The van der Waals surface area contributed by atoms with Crippen molar-refractivity contribution in [3.8, 4) is 0 Å². The summed E-state index contributed by atoms with van der Waals surface area (Å²) in [5.74, 6) is 0. The van der Waals surface area contributed by atoms with Gasteiger partial charge in [0.25, 0.3) is 0 Å². The fourth-order valence-corrected chi connectivity index (χ4v) is 3.30. The first-order valence-corrected chi connectivity index (χ1v) is 8.76. The first kappa shape index (κ1) is 17.1. The molecule has 1 atom stereocenters. The van der Waals surface area contributed by atoms with Gasteiger partial charge in [0.2, 0.25) is 0 Å². The van der Waals surface area contributed by atoms with E-state index in [1.807, 2.05) is 37.9 Å². The fraction of sp³-hybridized carbons (Fsp3) is 0.647. The second kappa shape index (κ2) is 6.90. The van der Waals surface area contributed by atoms with E-state index in [1.165, 1.54) is 0 Å². The van der Waals surface area contributed by atoms with Crippen molar-refractivity contribution in [2.45, 2.75) is 69.4 Å². The van der Waals surface area contributed by atoms with E-state index >= 15 is 0 Å². The quantitative estimate of drug-likeness (QED) is 0.759. The molecule has 22 heavy (non-hydrogen) atoms.